The molecule has 2 aromatic rings. The monoisotopic (exact) mass is 358 g/mol. The van der Waals surface area contributed by atoms with Crippen LogP contribution >= 0.6 is 0 Å². The van der Waals surface area contributed by atoms with E-state index in [1.165, 1.54) is 22.8 Å². The summed E-state index contributed by atoms with van der Waals surface area (Å²) in [6.07, 6.45) is -3.16. The number of nitrogens with one attached hydrogen (secondary N) is 1. The van der Waals surface area contributed by atoms with Gasteiger partial charge in [-0.3, -0.25) is 9.69 Å². The van der Waals surface area contributed by atoms with Crippen molar-refractivity contribution in [2.24, 2.45) is 0 Å². The smallest absolute Gasteiger partial charge is 0.412 e. The van der Waals surface area contributed by atoms with Gasteiger partial charge in [0.05, 0.1) is 23.0 Å². The first-order valence-electron chi connectivity index (χ1n) is 7.25. The van der Waals surface area contributed by atoms with E-state index in [9.17, 15) is 27.9 Å². The molecule has 2 heterocycles. The first-order valence-corrected chi connectivity index (χ1v) is 7.25. The predicted octanol–water partition coefficient (Wildman–Crippen LogP) is 2.91. The van der Waals surface area contributed by atoms with E-state index >= 15 is 0 Å². The van der Waals surface area contributed by atoms with Crippen LogP contribution in [0.4, 0.5) is 23.7 Å². The Balaban J connectivity index is 2.42. The van der Waals surface area contributed by atoms with Gasteiger partial charge in [-0.1, -0.05) is 0 Å². The van der Waals surface area contributed by atoms with Crippen molar-refractivity contribution >= 4 is 23.2 Å². The fraction of sp³-hybridized carbons (Fsp3) is 0.400. The van der Waals surface area contributed by atoms with Crippen LogP contribution in [-0.2, 0) is 0 Å². The average molecular weight is 358 g/mol. The molecule has 136 valence electrons. The topological polar surface area (TPSA) is 86.9 Å². The molecule has 2 amide bonds. The Labute approximate surface area is 141 Å². The number of hydrogen-bond acceptors (Lipinski definition) is 3. The molecule has 2 aromatic heterocycles. The highest BCUT2D eigenvalue weighted by molar-refractivity contribution is 6.01. The van der Waals surface area contributed by atoms with Gasteiger partial charge in [0.15, 0.2) is 0 Å². The van der Waals surface area contributed by atoms with E-state index < -0.39 is 30.3 Å². The second-order valence-electron chi connectivity index (χ2n) is 6.36. The summed E-state index contributed by atoms with van der Waals surface area (Å²) in [7, 11) is 0. The average Bonchev–Trinajstić information content (AvgIpc) is 2.85. The zero-order valence-corrected chi connectivity index (χ0v) is 13.8. The first kappa shape index (κ1) is 18.6. The molecule has 0 aliphatic rings. The minimum atomic E-state index is -4.53. The van der Waals surface area contributed by atoms with Crippen molar-refractivity contribution in [2.45, 2.75) is 32.5 Å². The van der Waals surface area contributed by atoms with Crippen molar-refractivity contribution < 1.29 is 27.9 Å². The third-order valence-corrected chi connectivity index (χ3v) is 3.32. The molecule has 0 fully saturated rings. The summed E-state index contributed by atoms with van der Waals surface area (Å²) in [5.41, 5.74) is -0.362. The second-order valence-corrected chi connectivity index (χ2v) is 6.36. The van der Waals surface area contributed by atoms with E-state index in [1.807, 2.05) is 0 Å². The zero-order valence-electron chi connectivity index (χ0n) is 13.8. The fourth-order valence-electron chi connectivity index (χ4n) is 2.34. The van der Waals surface area contributed by atoms with Gasteiger partial charge in [0, 0.05) is 11.7 Å². The molecule has 0 aliphatic carbocycles. The number of alkyl halides is 3. The molecule has 0 saturated heterocycles. The van der Waals surface area contributed by atoms with E-state index in [0.29, 0.717) is 0 Å². The first-order chi connectivity index (χ1) is 11.4. The molecule has 0 unspecified atom stereocenters. The molecule has 2 rings (SSSR count). The number of rotatable bonds is 3. The third kappa shape index (κ3) is 4.20. The number of amides is 2. The zero-order chi connectivity index (χ0) is 19.0. The van der Waals surface area contributed by atoms with Crippen LogP contribution in [0, 0.1) is 0 Å². The molecule has 0 aromatic carbocycles. The number of carbonyl (C=O) groups is 2. The molecule has 0 atom stereocenters. The lowest BCUT2D eigenvalue weighted by Crippen LogP contribution is -2.45. The Morgan fingerprint density at radius 2 is 1.96 bits per heavy atom. The molecule has 10 heteroatoms. The maximum Gasteiger partial charge on any atom is 0.412 e. The van der Waals surface area contributed by atoms with Crippen molar-refractivity contribution in [1.29, 1.82) is 0 Å². The largest absolute Gasteiger partial charge is 0.465 e. The summed E-state index contributed by atoms with van der Waals surface area (Å²) in [6.45, 7) is 3.61. The normalized spacial score (nSPS) is 12.2. The number of carboxylic acid groups (broad SMARTS) is 1. The quantitative estimate of drug-likeness (QED) is 0.883. The van der Waals surface area contributed by atoms with E-state index in [2.05, 4.69) is 5.10 Å². The third-order valence-electron chi connectivity index (χ3n) is 3.32. The van der Waals surface area contributed by atoms with Gasteiger partial charge in [-0.2, -0.15) is 18.3 Å². The predicted molar refractivity (Wildman–Crippen MR) is 83.8 cm³/mol. The van der Waals surface area contributed by atoms with Crippen LogP contribution in [0.25, 0.3) is 5.52 Å². The molecule has 0 spiro atoms. The Bertz CT molecular complexity index is 808. The summed E-state index contributed by atoms with van der Waals surface area (Å²) in [5, 5.41) is 15.1. The van der Waals surface area contributed by atoms with Gasteiger partial charge in [-0.15, -0.1) is 0 Å². The standard InChI is InChI=1S/C15H17F3N4O3/c1-14(2,3)22(13(24)25)9-4-5-21-11(6-9)10(7-20-21)12(23)19-8-15(16,17)18/h4-7H,8H2,1-3H3,(H,19,23)(H,24,25). The lowest BCUT2D eigenvalue weighted by molar-refractivity contribution is -0.123. The maximum absolute atomic E-state index is 12.3. The van der Waals surface area contributed by atoms with Gasteiger partial charge in [-0.05, 0) is 32.9 Å². The Kier molecular flexibility index (Phi) is 4.65. The SMILES string of the molecule is CC(C)(C)N(C(=O)O)c1ccn2ncc(C(=O)NCC(F)(F)F)c2c1. The molecule has 0 bridgehead atoms. The molecule has 7 nitrogen and oxygen atoms in total. The Morgan fingerprint density at radius 1 is 1.32 bits per heavy atom. The van der Waals surface area contributed by atoms with Gasteiger partial charge in [-0.25, -0.2) is 9.31 Å². The van der Waals surface area contributed by atoms with E-state index in [-0.39, 0.29) is 16.8 Å². The van der Waals surface area contributed by atoms with Crippen LogP contribution in [0.2, 0.25) is 0 Å². The highest BCUT2D eigenvalue weighted by atomic mass is 19.4. The molecule has 0 aliphatic heterocycles. The second kappa shape index (κ2) is 6.26. The number of hydrogen-bond donors (Lipinski definition) is 2. The van der Waals surface area contributed by atoms with Crippen LogP contribution < -0.4 is 10.2 Å². The van der Waals surface area contributed by atoms with Gasteiger partial charge in [0.1, 0.15) is 6.54 Å². The van der Waals surface area contributed by atoms with Crippen molar-refractivity contribution in [3.05, 3.63) is 30.1 Å². The molecule has 0 saturated carbocycles. The molecule has 2 N–H and O–H groups in total. The van der Waals surface area contributed by atoms with Gasteiger partial charge in [0.25, 0.3) is 5.91 Å². The summed E-state index contributed by atoms with van der Waals surface area (Å²) in [6, 6.07) is 2.89. The number of fused-ring (bicyclic) bond motifs is 1. The van der Waals surface area contributed by atoms with E-state index in [1.54, 1.807) is 26.1 Å². The van der Waals surface area contributed by atoms with Crippen LogP contribution in [0.15, 0.2) is 24.5 Å². The maximum atomic E-state index is 12.3. The summed E-state index contributed by atoms with van der Waals surface area (Å²) >= 11 is 0. The minimum absolute atomic E-state index is 0.0784. The highest BCUT2D eigenvalue weighted by Gasteiger charge is 2.30. The van der Waals surface area contributed by atoms with Crippen LogP contribution in [-0.4, -0.2) is 45.0 Å². The molecular weight excluding hydrogens is 341 g/mol. The van der Waals surface area contributed by atoms with Crippen LogP contribution in [0.3, 0.4) is 0 Å². The summed E-state index contributed by atoms with van der Waals surface area (Å²) in [4.78, 5) is 24.6. The number of halogens is 3. The fourth-order valence-corrected chi connectivity index (χ4v) is 2.34. The molecular formula is C15H17F3N4O3. The van der Waals surface area contributed by atoms with Crippen molar-refractivity contribution in [1.82, 2.24) is 14.9 Å². The highest BCUT2D eigenvalue weighted by Crippen LogP contribution is 2.26. The van der Waals surface area contributed by atoms with E-state index in [0.717, 1.165) is 11.1 Å². The summed E-state index contributed by atoms with van der Waals surface area (Å²) < 4.78 is 38.0. The van der Waals surface area contributed by atoms with E-state index in [4.69, 9.17) is 0 Å². The Hall–Kier alpha value is -2.78. The molecule has 25 heavy (non-hydrogen) atoms. The number of aromatic nitrogens is 2. The van der Waals surface area contributed by atoms with Crippen molar-refractivity contribution in [2.75, 3.05) is 11.4 Å². The number of nitrogens with zero attached hydrogens (tertiary/aromatic N) is 3. The number of anilines is 1. The summed E-state index contributed by atoms with van der Waals surface area (Å²) in [5.74, 6) is -0.942. The lowest BCUT2D eigenvalue weighted by Gasteiger charge is -2.33. The van der Waals surface area contributed by atoms with Gasteiger partial charge < -0.3 is 10.4 Å². The lowest BCUT2D eigenvalue weighted by atomic mass is 10.1. The van der Waals surface area contributed by atoms with Crippen LogP contribution in [0.1, 0.15) is 31.1 Å². The van der Waals surface area contributed by atoms with Gasteiger partial charge >= 0.3 is 12.3 Å². The van der Waals surface area contributed by atoms with Crippen molar-refractivity contribution in [3.8, 4) is 0 Å². The minimum Gasteiger partial charge on any atom is -0.465 e. The van der Waals surface area contributed by atoms with Gasteiger partial charge in [0.2, 0.25) is 0 Å². The Morgan fingerprint density at radius 3 is 2.48 bits per heavy atom. The van der Waals surface area contributed by atoms with Crippen molar-refractivity contribution in [3.63, 3.8) is 0 Å². The molecule has 0 radical (unpaired) electrons. The van der Waals surface area contributed by atoms with Crippen LogP contribution in [0.5, 0.6) is 0 Å². The number of carbonyl (C=O) groups excluding carboxylic acids is 1. The number of pyridine rings is 1.